The summed E-state index contributed by atoms with van der Waals surface area (Å²) in [6, 6.07) is 14.3. The number of benzene rings is 2. The second-order valence-corrected chi connectivity index (χ2v) is 5.80. The van der Waals surface area contributed by atoms with Gasteiger partial charge in [0.15, 0.2) is 5.69 Å². The lowest BCUT2D eigenvalue weighted by molar-refractivity contribution is 0.0692. The maximum atomic E-state index is 12.1. The Bertz CT molecular complexity index is 1140. The summed E-state index contributed by atoms with van der Waals surface area (Å²) < 4.78 is 0. The van der Waals surface area contributed by atoms with Gasteiger partial charge in [0.2, 0.25) is 0 Å². The molecule has 1 amide bonds. The van der Waals surface area contributed by atoms with Crippen molar-refractivity contribution in [2.24, 2.45) is 0 Å². The number of carbonyl (C=O) groups is 2. The number of fused-ring (bicyclic) bond motifs is 1. The number of nitrogens with one attached hydrogen (secondary N) is 2. The smallest absolute Gasteiger partial charge is 0.357 e. The number of aromatic amines is 1. The van der Waals surface area contributed by atoms with Gasteiger partial charge >= 0.3 is 5.97 Å². The first-order valence-electron chi connectivity index (χ1n) is 8.02. The zero-order valence-corrected chi connectivity index (χ0v) is 13.9. The van der Waals surface area contributed by atoms with E-state index in [9.17, 15) is 9.59 Å². The third-order valence-electron chi connectivity index (χ3n) is 4.09. The Morgan fingerprint density at radius 2 is 1.74 bits per heavy atom. The molecular formula is C19H13N5O3. The highest BCUT2D eigenvalue weighted by molar-refractivity contribution is 6.04. The van der Waals surface area contributed by atoms with E-state index in [1.807, 2.05) is 24.3 Å². The molecule has 8 heteroatoms. The SMILES string of the molecule is O=C(Nc1ccc(-c2ccc3c(C(=O)O)n[nH]c3c2)cc1)c1ccnnc1. The number of carboxylic acid groups (broad SMARTS) is 1. The lowest BCUT2D eigenvalue weighted by Crippen LogP contribution is -2.12. The van der Waals surface area contributed by atoms with Crippen LogP contribution in [0.15, 0.2) is 60.9 Å². The molecule has 4 rings (SSSR count). The molecule has 132 valence electrons. The quantitative estimate of drug-likeness (QED) is 0.515. The van der Waals surface area contributed by atoms with Crippen LogP contribution in [0, 0.1) is 0 Å². The highest BCUT2D eigenvalue weighted by Gasteiger charge is 2.13. The first-order chi connectivity index (χ1) is 13.1. The third kappa shape index (κ3) is 3.23. The maximum Gasteiger partial charge on any atom is 0.357 e. The van der Waals surface area contributed by atoms with E-state index < -0.39 is 5.97 Å². The fraction of sp³-hybridized carbons (Fsp3) is 0. The maximum absolute atomic E-state index is 12.1. The Hall–Kier alpha value is -4.07. The largest absolute Gasteiger partial charge is 0.476 e. The number of carboxylic acids is 1. The minimum absolute atomic E-state index is 0.000196. The van der Waals surface area contributed by atoms with E-state index >= 15 is 0 Å². The number of hydrogen-bond donors (Lipinski definition) is 3. The van der Waals surface area contributed by atoms with Gasteiger partial charge in [-0.3, -0.25) is 9.89 Å². The second kappa shape index (κ2) is 6.68. The molecule has 0 saturated carbocycles. The molecule has 27 heavy (non-hydrogen) atoms. The predicted octanol–water partition coefficient (Wildman–Crippen LogP) is 2.97. The molecule has 0 bridgehead atoms. The molecule has 2 heterocycles. The Morgan fingerprint density at radius 1 is 0.963 bits per heavy atom. The molecule has 0 fully saturated rings. The number of nitrogens with zero attached hydrogens (tertiary/aromatic N) is 3. The van der Waals surface area contributed by atoms with E-state index in [-0.39, 0.29) is 11.6 Å². The summed E-state index contributed by atoms with van der Waals surface area (Å²) in [4.78, 5) is 23.3. The standard InChI is InChI=1S/C19H13N5O3/c25-18(13-7-8-20-21-10-13)22-14-4-1-11(2-5-14)12-3-6-15-16(9-12)23-24-17(15)19(26)27/h1-10H,(H,22,25)(H,23,24)(H,26,27). The van der Waals surface area contributed by atoms with Gasteiger partial charge in [0, 0.05) is 11.1 Å². The van der Waals surface area contributed by atoms with Crippen molar-refractivity contribution >= 4 is 28.5 Å². The van der Waals surface area contributed by atoms with Crippen LogP contribution >= 0.6 is 0 Å². The molecule has 0 unspecified atom stereocenters. The van der Waals surface area contributed by atoms with Crippen LogP contribution in [-0.4, -0.2) is 37.4 Å². The minimum atomic E-state index is -1.07. The zero-order valence-electron chi connectivity index (χ0n) is 13.9. The van der Waals surface area contributed by atoms with E-state index in [0.717, 1.165) is 11.1 Å². The minimum Gasteiger partial charge on any atom is -0.476 e. The fourth-order valence-electron chi connectivity index (χ4n) is 2.74. The zero-order chi connectivity index (χ0) is 18.8. The van der Waals surface area contributed by atoms with E-state index in [2.05, 4.69) is 25.7 Å². The van der Waals surface area contributed by atoms with Crippen LogP contribution in [0.1, 0.15) is 20.8 Å². The molecule has 0 radical (unpaired) electrons. The van der Waals surface area contributed by atoms with E-state index in [0.29, 0.717) is 22.2 Å². The molecule has 3 N–H and O–H groups in total. The normalized spacial score (nSPS) is 10.7. The van der Waals surface area contributed by atoms with Crippen LogP contribution < -0.4 is 5.32 Å². The summed E-state index contributed by atoms with van der Waals surface area (Å²) >= 11 is 0. The number of hydrogen-bond acceptors (Lipinski definition) is 5. The molecule has 0 aliphatic carbocycles. The number of amides is 1. The highest BCUT2D eigenvalue weighted by atomic mass is 16.4. The summed E-state index contributed by atoms with van der Waals surface area (Å²) in [5.41, 5.74) is 3.54. The number of carbonyl (C=O) groups excluding carboxylic acids is 1. The molecule has 2 aromatic heterocycles. The van der Waals surface area contributed by atoms with Crippen molar-refractivity contribution in [3.63, 3.8) is 0 Å². The summed E-state index contributed by atoms with van der Waals surface area (Å²) in [5, 5.41) is 26.4. The van der Waals surface area contributed by atoms with Crippen molar-refractivity contribution in [1.29, 1.82) is 0 Å². The fourth-order valence-corrected chi connectivity index (χ4v) is 2.74. The van der Waals surface area contributed by atoms with Crippen molar-refractivity contribution < 1.29 is 14.7 Å². The van der Waals surface area contributed by atoms with Crippen LogP contribution in [0.25, 0.3) is 22.0 Å². The Morgan fingerprint density at radius 3 is 2.44 bits per heavy atom. The van der Waals surface area contributed by atoms with Crippen molar-refractivity contribution in [2.45, 2.75) is 0 Å². The molecule has 0 spiro atoms. The average molecular weight is 359 g/mol. The molecule has 4 aromatic rings. The second-order valence-electron chi connectivity index (χ2n) is 5.80. The Balaban J connectivity index is 1.56. The molecule has 2 aromatic carbocycles. The van der Waals surface area contributed by atoms with Crippen LogP contribution in [0.4, 0.5) is 5.69 Å². The van der Waals surface area contributed by atoms with Crippen LogP contribution in [0.3, 0.4) is 0 Å². The Kier molecular flexibility index (Phi) is 4.06. The molecule has 8 nitrogen and oxygen atoms in total. The van der Waals surface area contributed by atoms with Crippen molar-refractivity contribution in [3.05, 3.63) is 72.2 Å². The number of aromatic carboxylic acids is 1. The number of H-pyrrole nitrogens is 1. The van der Waals surface area contributed by atoms with Gasteiger partial charge < -0.3 is 10.4 Å². The van der Waals surface area contributed by atoms with E-state index in [4.69, 9.17) is 5.11 Å². The van der Waals surface area contributed by atoms with Crippen LogP contribution in [0.5, 0.6) is 0 Å². The summed E-state index contributed by atoms with van der Waals surface area (Å²) in [5.74, 6) is -1.34. The Labute approximate surface area is 152 Å². The lowest BCUT2D eigenvalue weighted by atomic mass is 10.0. The predicted molar refractivity (Wildman–Crippen MR) is 98.5 cm³/mol. The molecular weight excluding hydrogens is 346 g/mol. The first-order valence-corrected chi connectivity index (χ1v) is 8.02. The van der Waals surface area contributed by atoms with Gasteiger partial charge in [-0.1, -0.05) is 18.2 Å². The number of rotatable bonds is 4. The van der Waals surface area contributed by atoms with Gasteiger partial charge in [0.05, 0.1) is 23.5 Å². The topological polar surface area (TPSA) is 121 Å². The van der Waals surface area contributed by atoms with Crippen LogP contribution in [-0.2, 0) is 0 Å². The van der Waals surface area contributed by atoms with Crippen molar-refractivity contribution in [2.75, 3.05) is 5.32 Å². The van der Waals surface area contributed by atoms with Gasteiger partial charge in [-0.15, -0.1) is 0 Å². The summed E-state index contributed by atoms with van der Waals surface area (Å²) in [6.45, 7) is 0. The molecule has 0 aliphatic heterocycles. The van der Waals surface area contributed by atoms with Gasteiger partial charge in [-0.05, 0) is 41.5 Å². The monoisotopic (exact) mass is 359 g/mol. The molecule has 0 aliphatic rings. The van der Waals surface area contributed by atoms with Gasteiger partial charge in [0.25, 0.3) is 5.91 Å². The highest BCUT2D eigenvalue weighted by Crippen LogP contribution is 2.26. The number of anilines is 1. The van der Waals surface area contributed by atoms with Crippen molar-refractivity contribution in [3.8, 4) is 11.1 Å². The van der Waals surface area contributed by atoms with Gasteiger partial charge in [-0.2, -0.15) is 15.3 Å². The molecule has 0 atom stereocenters. The van der Waals surface area contributed by atoms with E-state index in [1.165, 1.54) is 12.4 Å². The van der Waals surface area contributed by atoms with Gasteiger partial charge in [0.1, 0.15) is 0 Å². The summed E-state index contributed by atoms with van der Waals surface area (Å²) in [6.07, 6.45) is 2.86. The van der Waals surface area contributed by atoms with E-state index in [1.54, 1.807) is 24.3 Å². The number of aromatic nitrogens is 4. The molecule has 0 saturated heterocycles. The lowest BCUT2D eigenvalue weighted by Gasteiger charge is -2.07. The third-order valence-corrected chi connectivity index (χ3v) is 4.09. The first kappa shape index (κ1) is 16.4. The van der Waals surface area contributed by atoms with Gasteiger partial charge in [-0.25, -0.2) is 4.79 Å². The van der Waals surface area contributed by atoms with Crippen molar-refractivity contribution in [1.82, 2.24) is 20.4 Å². The average Bonchev–Trinajstić information content (AvgIpc) is 3.13. The van der Waals surface area contributed by atoms with Crippen LogP contribution in [0.2, 0.25) is 0 Å². The summed E-state index contributed by atoms with van der Waals surface area (Å²) in [7, 11) is 0.